The molecule has 0 bridgehead atoms. The maximum absolute atomic E-state index is 13.2. The zero-order chi connectivity index (χ0) is 9.84. The van der Waals surface area contributed by atoms with Crippen molar-refractivity contribution in [2.75, 3.05) is 13.7 Å². The molecule has 1 rings (SSSR count). The molecule has 72 valence electrons. The fourth-order valence-electron chi connectivity index (χ4n) is 0.939. The molecule has 4 heteroatoms. The molecule has 0 unspecified atom stereocenters. The Morgan fingerprint density at radius 2 is 2.15 bits per heavy atom. The number of methoxy groups -OCH3 is 1. The lowest BCUT2D eigenvalue weighted by Crippen LogP contribution is -1.96. The van der Waals surface area contributed by atoms with Gasteiger partial charge in [-0.2, -0.15) is 0 Å². The number of rotatable bonds is 3. The fourth-order valence-corrected chi connectivity index (χ4v) is 1.51. The Kier molecular flexibility index (Phi) is 3.77. The van der Waals surface area contributed by atoms with Crippen LogP contribution in [0.2, 0.25) is 0 Å². The predicted molar refractivity (Wildman–Crippen MR) is 56.8 cm³/mol. The second kappa shape index (κ2) is 4.64. The van der Waals surface area contributed by atoms with Gasteiger partial charge in [0, 0.05) is 6.07 Å². The average Bonchev–Trinajstić information content (AvgIpc) is 2.11. The van der Waals surface area contributed by atoms with Crippen molar-refractivity contribution in [3.8, 4) is 11.5 Å². The standard InChI is InChI=1S/C9H10FIO2/c1-3-13-6-4-7(11)9(10)8(5-6)12-2/h4-5H,3H2,1-2H3. The van der Waals surface area contributed by atoms with Crippen molar-refractivity contribution < 1.29 is 13.9 Å². The average molecular weight is 296 g/mol. The molecular weight excluding hydrogens is 286 g/mol. The van der Waals surface area contributed by atoms with E-state index in [4.69, 9.17) is 9.47 Å². The van der Waals surface area contributed by atoms with E-state index >= 15 is 0 Å². The Hall–Kier alpha value is -0.520. The topological polar surface area (TPSA) is 18.5 Å². The van der Waals surface area contributed by atoms with Gasteiger partial charge >= 0.3 is 0 Å². The molecule has 0 aliphatic rings. The van der Waals surface area contributed by atoms with Crippen molar-refractivity contribution in [3.63, 3.8) is 0 Å². The van der Waals surface area contributed by atoms with Crippen LogP contribution in [-0.4, -0.2) is 13.7 Å². The largest absolute Gasteiger partial charge is 0.494 e. The van der Waals surface area contributed by atoms with Crippen molar-refractivity contribution in [1.29, 1.82) is 0 Å². The molecule has 0 amide bonds. The number of ether oxygens (including phenoxy) is 2. The zero-order valence-electron chi connectivity index (χ0n) is 7.43. The van der Waals surface area contributed by atoms with Crippen LogP contribution in [0.1, 0.15) is 6.92 Å². The summed E-state index contributed by atoms with van der Waals surface area (Å²) in [6, 6.07) is 3.18. The van der Waals surface area contributed by atoms with Crippen LogP contribution >= 0.6 is 22.6 Å². The highest BCUT2D eigenvalue weighted by molar-refractivity contribution is 14.1. The molecule has 1 aromatic rings. The molecule has 0 spiro atoms. The molecule has 0 heterocycles. The summed E-state index contributed by atoms with van der Waals surface area (Å²) in [6.07, 6.45) is 0. The van der Waals surface area contributed by atoms with Crippen LogP contribution < -0.4 is 9.47 Å². The van der Waals surface area contributed by atoms with Gasteiger partial charge in [0.15, 0.2) is 11.6 Å². The monoisotopic (exact) mass is 296 g/mol. The van der Waals surface area contributed by atoms with Gasteiger partial charge in [-0.05, 0) is 35.6 Å². The van der Waals surface area contributed by atoms with Gasteiger partial charge in [-0.15, -0.1) is 0 Å². The number of benzene rings is 1. The molecular formula is C9H10FIO2. The summed E-state index contributed by atoms with van der Waals surface area (Å²) in [5, 5.41) is 0. The third kappa shape index (κ3) is 2.46. The lowest BCUT2D eigenvalue weighted by atomic mass is 10.3. The van der Waals surface area contributed by atoms with Gasteiger partial charge in [0.2, 0.25) is 0 Å². The lowest BCUT2D eigenvalue weighted by molar-refractivity contribution is 0.331. The Morgan fingerprint density at radius 3 is 2.69 bits per heavy atom. The number of hydrogen-bond acceptors (Lipinski definition) is 2. The van der Waals surface area contributed by atoms with Crippen LogP contribution in [0.5, 0.6) is 11.5 Å². The molecule has 0 aromatic heterocycles. The van der Waals surface area contributed by atoms with Crippen LogP contribution in [0.4, 0.5) is 4.39 Å². The Balaban J connectivity index is 3.06. The van der Waals surface area contributed by atoms with E-state index in [0.717, 1.165) is 0 Å². The summed E-state index contributed by atoms with van der Waals surface area (Å²) in [5.74, 6) is 0.507. The summed E-state index contributed by atoms with van der Waals surface area (Å²) in [4.78, 5) is 0. The van der Waals surface area contributed by atoms with E-state index < -0.39 is 0 Å². The number of hydrogen-bond donors (Lipinski definition) is 0. The molecule has 0 N–H and O–H groups in total. The van der Waals surface area contributed by atoms with E-state index in [0.29, 0.717) is 15.9 Å². The van der Waals surface area contributed by atoms with E-state index in [9.17, 15) is 4.39 Å². The van der Waals surface area contributed by atoms with Crippen molar-refractivity contribution in [1.82, 2.24) is 0 Å². The van der Waals surface area contributed by atoms with Gasteiger partial charge in [0.05, 0.1) is 17.3 Å². The first-order chi connectivity index (χ1) is 6.19. The van der Waals surface area contributed by atoms with Crippen molar-refractivity contribution in [2.45, 2.75) is 6.92 Å². The van der Waals surface area contributed by atoms with Gasteiger partial charge in [-0.25, -0.2) is 4.39 Å². The van der Waals surface area contributed by atoms with Crippen LogP contribution in [0.25, 0.3) is 0 Å². The SMILES string of the molecule is CCOc1cc(I)c(F)c(OC)c1. The quantitative estimate of drug-likeness (QED) is 0.799. The minimum atomic E-state index is -0.341. The highest BCUT2D eigenvalue weighted by Crippen LogP contribution is 2.28. The van der Waals surface area contributed by atoms with Crippen LogP contribution in [0.3, 0.4) is 0 Å². The summed E-state index contributed by atoms with van der Waals surface area (Å²) in [6.45, 7) is 2.44. The third-order valence-corrected chi connectivity index (χ3v) is 2.28. The summed E-state index contributed by atoms with van der Waals surface area (Å²) < 4.78 is 23.8. The molecule has 0 aliphatic carbocycles. The summed E-state index contributed by atoms with van der Waals surface area (Å²) >= 11 is 1.90. The first kappa shape index (κ1) is 10.6. The van der Waals surface area contributed by atoms with Crippen LogP contribution in [0, 0.1) is 9.39 Å². The maximum atomic E-state index is 13.2. The second-order valence-electron chi connectivity index (χ2n) is 2.35. The first-order valence-corrected chi connectivity index (χ1v) is 4.92. The summed E-state index contributed by atoms with van der Waals surface area (Å²) in [7, 11) is 1.43. The third-order valence-electron chi connectivity index (χ3n) is 1.50. The van der Waals surface area contributed by atoms with Gasteiger partial charge in [0.25, 0.3) is 0 Å². The zero-order valence-corrected chi connectivity index (χ0v) is 9.59. The normalized spacial score (nSPS) is 9.85. The smallest absolute Gasteiger partial charge is 0.178 e. The van der Waals surface area contributed by atoms with E-state index in [2.05, 4.69) is 0 Å². The molecule has 0 aliphatic heterocycles. The van der Waals surface area contributed by atoms with Crippen molar-refractivity contribution >= 4 is 22.6 Å². The fraction of sp³-hybridized carbons (Fsp3) is 0.333. The predicted octanol–water partition coefficient (Wildman–Crippen LogP) is 2.84. The van der Waals surface area contributed by atoms with Gasteiger partial charge < -0.3 is 9.47 Å². The van der Waals surface area contributed by atoms with Crippen LogP contribution in [-0.2, 0) is 0 Å². The molecule has 1 aromatic carbocycles. The highest BCUT2D eigenvalue weighted by Gasteiger charge is 2.09. The van der Waals surface area contributed by atoms with E-state index in [-0.39, 0.29) is 11.6 Å². The van der Waals surface area contributed by atoms with Crippen molar-refractivity contribution in [3.05, 3.63) is 21.5 Å². The first-order valence-electron chi connectivity index (χ1n) is 3.84. The molecule has 0 radical (unpaired) electrons. The summed E-state index contributed by atoms with van der Waals surface area (Å²) in [5.41, 5.74) is 0. The second-order valence-corrected chi connectivity index (χ2v) is 3.52. The van der Waals surface area contributed by atoms with Crippen LogP contribution in [0.15, 0.2) is 12.1 Å². The maximum Gasteiger partial charge on any atom is 0.178 e. The minimum Gasteiger partial charge on any atom is -0.494 e. The molecule has 0 fully saturated rings. The van der Waals surface area contributed by atoms with Gasteiger partial charge in [0.1, 0.15) is 5.75 Å². The number of halogens is 2. The Morgan fingerprint density at radius 1 is 1.46 bits per heavy atom. The molecule has 0 saturated carbocycles. The highest BCUT2D eigenvalue weighted by atomic mass is 127. The van der Waals surface area contributed by atoms with E-state index in [1.165, 1.54) is 7.11 Å². The van der Waals surface area contributed by atoms with Gasteiger partial charge in [-0.1, -0.05) is 0 Å². The Bertz CT molecular complexity index is 302. The molecule has 13 heavy (non-hydrogen) atoms. The van der Waals surface area contributed by atoms with Crippen molar-refractivity contribution in [2.24, 2.45) is 0 Å². The molecule has 0 atom stereocenters. The van der Waals surface area contributed by atoms with Gasteiger partial charge in [-0.3, -0.25) is 0 Å². The lowest BCUT2D eigenvalue weighted by Gasteiger charge is -2.07. The minimum absolute atomic E-state index is 0.218. The molecule has 2 nitrogen and oxygen atoms in total. The van der Waals surface area contributed by atoms with E-state index in [1.807, 2.05) is 29.5 Å². The van der Waals surface area contributed by atoms with E-state index in [1.54, 1.807) is 12.1 Å². The molecule has 0 saturated heterocycles. The Labute approximate surface area is 90.2 Å².